The fourth-order valence-electron chi connectivity index (χ4n) is 1.78. The number of nitrogens with zero attached hydrogens (tertiary/aromatic N) is 1. The van der Waals surface area contributed by atoms with E-state index in [9.17, 15) is 0 Å². The second-order valence-electron chi connectivity index (χ2n) is 3.86. The van der Waals surface area contributed by atoms with Crippen molar-refractivity contribution in [3.05, 3.63) is 30.1 Å². The highest BCUT2D eigenvalue weighted by atomic mass is 28.4. The van der Waals surface area contributed by atoms with Crippen molar-refractivity contribution in [1.29, 1.82) is 0 Å². The third kappa shape index (κ3) is 4.55. The topological polar surface area (TPSA) is 40.6 Å². The number of aromatic nitrogens is 1. The summed E-state index contributed by atoms with van der Waals surface area (Å²) in [5.41, 5.74) is 1.32. The zero-order valence-corrected chi connectivity index (χ0v) is 11.8. The van der Waals surface area contributed by atoms with Crippen LogP contribution < -0.4 is 0 Å². The summed E-state index contributed by atoms with van der Waals surface area (Å²) in [5, 5.41) is 0. The fourth-order valence-corrected chi connectivity index (χ4v) is 3.57. The normalized spacial score (nSPS) is 11.7. The maximum atomic E-state index is 5.37. The van der Waals surface area contributed by atoms with Crippen LogP contribution in [0.4, 0.5) is 0 Å². The second kappa shape index (κ2) is 7.55. The minimum absolute atomic E-state index is 0.863. The molecule has 0 fully saturated rings. The Hall–Kier alpha value is -0.753. The Labute approximate surface area is 104 Å². The van der Waals surface area contributed by atoms with Crippen molar-refractivity contribution in [2.75, 3.05) is 21.3 Å². The SMILES string of the molecule is CO[Si](CCCCc1ccncc1)(OC)OC. The maximum Gasteiger partial charge on any atom is 0.500 e. The molecule has 1 aromatic heterocycles. The number of hydrogen-bond acceptors (Lipinski definition) is 4. The predicted octanol–water partition coefficient (Wildman–Crippen LogP) is 2.28. The van der Waals surface area contributed by atoms with Gasteiger partial charge in [-0.15, -0.1) is 0 Å². The lowest BCUT2D eigenvalue weighted by Crippen LogP contribution is -2.42. The molecule has 1 aromatic rings. The molecule has 0 radical (unpaired) electrons. The molecule has 0 atom stereocenters. The lowest BCUT2D eigenvalue weighted by atomic mass is 10.1. The molecule has 0 saturated carbocycles. The monoisotopic (exact) mass is 255 g/mol. The molecule has 0 bridgehead atoms. The summed E-state index contributed by atoms with van der Waals surface area (Å²) in [6, 6.07) is 4.96. The number of rotatable bonds is 8. The first-order chi connectivity index (χ1) is 8.26. The van der Waals surface area contributed by atoms with Gasteiger partial charge in [-0.25, -0.2) is 0 Å². The Morgan fingerprint density at radius 3 is 2.12 bits per heavy atom. The molecule has 0 aromatic carbocycles. The number of pyridine rings is 1. The van der Waals surface area contributed by atoms with E-state index in [1.54, 1.807) is 21.3 Å². The van der Waals surface area contributed by atoms with E-state index < -0.39 is 8.80 Å². The number of aryl methyl sites for hydroxylation is 1. The van der Waals surface area contributed by atoms with Crippen molar-refractivity contribution in [1.82, 2.24) is 4.98 Å². The number of hydrogen-bond donors (Lipinski definition) is 0. The Kier molecular flexibility index (Phi) is 6.35. The quantitative estimate of drug-likeness (QED) is 0.528. The molecule has 0 aliphatic heterocycles. The van der Waals surface area contributed by atoms with Gasteiger partial charge in [0.2, 0.25) is 0 Å². The van der Waals surface area contributed by atoms with Crippen LogP contribution in [0.1, 0.15) is 18.4 Å². The van der Waals surface area contributed by atoms with Gasteiger partial charge in [-0.3, -0.25) is 4.98 Å². The van der Waals surface area contributed by atoms with Gasteiger partial charge in [-0.2, -0.15) is 0 Å². The van der Waals surface area contributed by atoms with Crippen LogP contribution in [0.15, 0.2) is 24.5 Å². The first-order valence-electron chi connectivity index (χ1n) is 5.80. The van der Waals surface area contributed by atoms with Crippen molar-refractivity contribution in [2.24, 2.45) is 0 Å². The number of unbranched alkanes of at least 4 members (excludes halogenated alkanes) is 1. The molecular formula is C12H21NO3Si. The van der Waals surface area contributed by atoms with Gasteiger partial charge >= 0.3 is 8.80 Å². The van der Waals surface area contributed by atoms with Gasteiger partial charge in [0.25, 0.3) is 0 Å². The predicted molar refractivity (Wildman–Crippen MR) is 68.8 cm³/mol. The highest BCUT2D eigenvalue weighted by molar-refractivity contribution is 6.60. The zero-order chi connectivity index (χ0) is 12.6. The van der Waals surface area contributed by atoms with Crippen LogP contribution in [0, 0.1) is 0 Å². The van der Waals surface area contributed by atoms with E-state index in [1.807, 2.05) is 24.5 Å². The Bertz CT molecular complexity index is 296. The van der Waals surface area contributed by atoms with E-state index in [0.717, 1.165) is 25.3 Å². The molecule has 1 heterocycles. The summed E-state index contributed by atoms with van der Waals surface area (Å²) in [6.07, 6.45) is 6.87. The van der Waals surface area contributed by atoms with Crippen LogP contribution in [-0.4, -0.2) is 35.1 Å². The van der Waals surface area contributed by atoms with E-state index in [1.165, 1.54) is 5.56 Å². The third-order valence-corrected chi connectivity index (χ3v) is 5.71. The van der Waals surface area contributed by atoms with Crippen molar-refractivity contribution >= 4 is 8.80 Å². The van der Waals surface area contributed by atoms with Gasteiger partial charge in [0, 0.05) is 39.8 Å². The maximum absolute atomic E-state index is 5.37. The Morgan fingerprint density at radius 2 is 1.59 bits per heavy atom. The van der Waals surface area contributed by atoms with Crippen LogP contribution >= 0.6 is 0 Å². The highest BCUT2D eigenvalue weighted by Crippen LogP contribution is 2.17. The van der Waals surface area contributed by atoms with E-state index in [2.05, 4.69) is 4.98 Å². The average molecular weight is 255 g/mol. The van der Waals surface area contributed by atoms with Crippen molar-refractivity contribution in [3.63, 3.8) is 0 Å². The molecule has 0 aliphatic carbocycles. The van der Waals surface area contributed by atoms with E-state index in [0.29, 0.717) is 0 Å². The summed E-state index contributed by atoms with van der Waals surface area (Å²) in [6.45, 7) is 0. The lowest BCUT2D eigenvalue weighted by molar-refractivity contribution is 0.123. The van der Waals surface area contributed by atoms with Crippen LogP contribution in [0.25, 0.3) is 0 Å². The van der Waals surface area contributed by atoms with Crippen molar-refractivity contribution in [3.8, 4) is 0 Å². The van der Waals surface area contributed by atoms with Gasteiger partial charge in [-0.1, -0.05) is 0 Å². The van der Waals surface area contributed by atoms with Crippen LogP contribution in [0.2, 0.25) is 6.04 Å². The molecule has 5 heteroatoms. The molecule has 0 saturated heterocycles. The summed E-state index contributed by atoms with van der Waals surface area (Å²) < 4.78 is 16.1. The van der Waals surface area contributed by atoms with Gasteiger partial charge < -0.3 is 13.3 Å². The summed E-state index contributed by atoms with van der Waals surface area (Å²) in [4.78, 5) is 4.00. The Balaban J connectivity index is 2.28. The van der Waals surface area contributed by atoms with Gasteiger partial charge in [0.05, 0.1) is 0 Å². The van der Waals surface area contributed by atoms with Crippen LogP contribution in [-0.2, 0) is 19.7 Å². The zero-order valence-electron chi connectivity index (χ0n) is 10.8. The molecule has 0 amide bonds. The van der Waals surface area contributed by atoms with Crippen LogP contribution in [0.3, 0.4) is 0 Å². The van der Waals surface area contributed by atoms with Crippen molar-refractivity contribution < 1.29 is 13.3 Å². The average Bonchev–Trinajstić information content (AvgIpc) is 2.41. The molecule has 0 unspecified atom stereocenters. The molecule has 0 N–H and O–H groups in total. The third-order valence-electron chi connectivity index (χ3n) is 2.88. The van der Waals surface area contributed by atoms with E-state index >= 15 is 0 Å². The lowest BCUT2D eigenvalue weighted by Gasteiger charge is -2.24. The van der Waals surface area contributed by atoms with Gasteiger partial charge in [-0.05, 0) is 37.0 Å². The Morgan fingerprint density at radius 1 is 1.00 bits per heavy atom. The minimum atomic E-state index is -2.37. The first kappa shape index (κ1) is 14.3. The molecule has 4 nitrogen and oxygen atoms in total. The summed E-state index contributed by atoms with van der Waals surface area (Å²) >= 11 is 0. The smallest absolute Gasteiger partial charge is 0.377 e. The minimum Gasteiger partial charge on any atom is -0.377 e. The molecule has 96 valence electrons. The fraction of sp³-hybridized carbons (Fsp3) is 0.583. The summed E-state index contributed by atoms with van der Waals surface area (Å²) in [7, 11) is 2.60. The molecule has 0 spiro atoms. The largest absolute Gasteiger partial charge is 0.500 e. The molecule has 17 heavy (non-hydrogen) atoms. The summed E-state index contributed by atoms with van der Waals surface area (Å²) in [5.74, 6) is 0. The van der Waals surface area contributed by atoms with Crippen LogP contribution in [0.5, 0.6) is 0 Å². The standard InChI is InChI=1S/C12H21NO3Si/c1-14-17(15-2,16-3)11-5-4-6-12-7-9-13-10-8-12/h7-10H,4-6,11H2,1-3H3. The van der Waals surface area contributed by atoms with Gasteiger partial charge in [0.15, 0.2) is 0 Å². The first-order valence-corrected chi connectivity index (χ1v) is 7.74. The second-order valence-corrected chi connectivity index (χ2v) is 6.95. The molecule has 1 rings (SSSR count). The van der Waals surface area contributed by atoms with Gasteiger partial charge in [0.1, 0.15) is 0 Å². The van der Waals surface area contributed by atoms with Crippen molar-refractivity contribution in [2.45, 2.75) is 25.3 Å². The van der Waals surface area contributed by atoms with E-state index in [-0.39, 0.29) is 0 Å². The molecule has 0 aliphatic rings. The molecular weight excluding hydrogens is 234 g/mol. The van der Waals surface area contributed by atoms with E-state index in [4.69, 9.17) is 13.3 Å². The highest BCUT2D eigenvalue weighted by Gasteiger charge is 2.36.